The van der Waals surface area contributed by atoms with Crippen molar-refractivity contribution in [2.45, 2.75) is 5.38 Å². The number of benzene rings is 1. The number of hydrogen-bond acceptors (Lipinski definition) is 2. The fraction of sp³-hybridized carbons (Fsp3) is 0.143. The molecule has 0 fully saturated rings. The number of nitrogens with one attached hydrogen (secondary N) is 1. The molecule has 0 spiro atoms. The average Bonchev–Trinajstić information content (AvgIpc) is 2.46. The summed E-state index contributed by atoms with van der Waals surface area (Å²) in [6.45, 7) is 0.281. The van der Waals surface area contributed by atoms with Crippen LogP contribution in [0.4, 0.5) is 4.39 Å². The van der Waals surface area contributed by atoms with Gasteiger partial charge in [-0.05, 0) is 17.7 Å². The van der Waals surface area contributed by atoms with Crippen LogP contribution in [0.3, 0.4) is 0 Å². The molecule has 5 heteroatoms. The molecule has 3 nitrogen and oxygen atoms in total. The van der Waals surface area contributed by atoms with Gasteiger partial charge in [0.15, 0.2) is 0 Å². The zero-order valence-electron chi connectivity index (χ0n) is 10.0. The van der Waals surface area contributed by atoms with Crippen molar-refractivity contribution in [3.05, 3.63) is 65.7 Å². The Bertz CT molecular complexity index is 545. The predicted octanol–water partition coefficient (Wildman–Crippen LogP) is 2.93. The van der Waals surface area contributed by atoms with E-state index in [0.717, 1.165) is 11.8 Å². The number of hydrogen-bond donors (Lipinski definition) is 1. The third-order valence-corrected chi connectivity index (χ3v) is 2.97. The minimum Gasteiger partial charge on any atom is -0.349 e. The minimum absolute atomic E-state index is 0.165. The summed E-state index contributed by atoms with van der Waals surface area (Å²) in [7, 11) is 0. The Labute approximate surface area is 115 Å². The zero-order valence-corrected chi connectivity index (χ0v) is 10.8. The highest BCUT2D eigenvalue weighted by molar-refractivity contribution is 6.21. The molecule has 1 atom stereocenters. The van der Waals surface area contributed by atoms with E-state index in [0.29, 0.717) is 0 Å². The highest BCUT2D eigenvalue weighted by atomic mass is 35.5. The number of nitrogens with zero attached hydrogens (tertiary/aromatic N) is 1. The molecule has 0 radical (unpaired) electrons. The van der Waals surface area contributed by atoms with E-state index in [1.807, 2.05) is 30.3 Å². The van der Waals surface area contributed by atoms with Gasteiger partial charge in [-0.3, -0.25) is 4.79 Å². The first-order chi connectivity index (χ1) is 9.16. The number of aromatic nitrogens is 1. The monoisotopic (exact) mass is 278 g/mol. The van der Waals surface area contributed by atoms with Gasteiger partial charge in [-0.25, -0.2) is 9.37 Å². The summed E-state index contributed by atoms with van der Waals surface area (Å²) in [5.74, 6) is -0.849. The number of alkyl halides is 1. The molecule has 0 saturated carbocycles. The first kappa shape index (κ1) is 13.5. The van der Waals surface area contributed by atoms with Crippen LogP contribution in [0.15, 0.2) is 48.7 Å². The predicted molar refractivity (Wildman–Crippen MR) is 71.6 cm³/mol. The standard InChI is InChI=1S/C14H12ClFN2O/c15-12(10-4-2-1-3-5-10)9-18-14(19)13-7-6-11(16)8-17-13/h1-8,12H,9H2,(H,18,19). The molecule has 0 aliphatic carbocycles. The molecule has 0 saturated heterocycles. The Balaban J connectivity index is 1.92. The molecule has 1 aromatic heterocycles. The quantitative estimate of drug-likeness (QED) is 0.874. The Morgan fingerprint density at radius 3 is 2.63 bits per heavy atom. The largest absolute Gasteiger partial charge is 0.349 e. The number of halogens is 2. The van der Waals surface area contributed by atoms with Crippen LogP contribution < -0.4 is 5.32 Å². The number of pyridine rings is 1. The van der Waals surface area contributed by atoms with Gasteiger partial charge in [0.1, 0.15) is 11.5 Å². The summed E-state index contributed by atoms with van der Waals surface area (Å²) < 4.78 is 12.7. The molecule has 1 heterocycles. The lowest BCUT2D eigenvalue weighted by Gasteiger charge is -2.10. The van der Waals surface area contributed by atoms with Gasteiger partial charge in [-0.15, -0.1) is 11.6 Å². The van der Waals surface area contributed by atoms with Crippen LogP contribution >= 0.6 is 11.6 Å². The normalized spacial score (nSPS) is 11.9. The van der Waals surface area contributed by atoms with E-state index in [-0.39, 0.29) is 23.5 Å². The Morgan fingerprint density at radius 1 is 1.26 bits per heavy atom. The number of amides is 1. The first-order valence-corrected chi connectivity index (χ1v) is 6.19. The molecular formula is C14H12ClFN2O. The van der Waals surface area contributed by atoms with Gasteiger partial charge in [0.2, 0.25) is 0 Å². The lowest BCUT2D eigenvalue weighted by Crippen LogP contribution is -2.27. The van der Waals surface area contributed by atoms with Crippen LogP contribution in [-0.2, 0) is 0 Å². The highest BCUT2D eigenvalue weighted by Crippen LogP contribution is 2.18. The average molecular weight is 279 g/mol. The number of rotatable bonds is 4. The van der Waals surface area contributed by atoms with Gasteiger partial charge >= 0.3 is 0 Å². The van der Waals surface area contributed by atoms with Gasteiger partial charge < -0.3 is 5.32 Å². The second-order valence-corrected chi connectivity index (χ2v) is 4.48. The lowest BCUT2D eigenvalue weighted by atomic mass is 10.1. The molecule has 0 aliphatic rings. The van der Waals surface area contributed by atoms with Gasteiger partial charge in [0, 0.05) is 6.54 Å². The lowest BCUT2D eigenvalue weighted by molar-refractivity contribution is 0.0948. The third-order valence-electron chi connectivity index (χ3n) is 2.56. The van der Waals surface area contributed by atoms with Crippen molar-refractivity contribution in [2.24, 2.45) is 0 Å². The Morgan fingerprint density at radius 2 is 2.00 bits per heavy atom. The van der Waals surface area contributed by atoms with Crippen molar-refractivity contribution in [1.82, 2.24) is 10.3 Å². The van der Waals surface area contributed by atoms with Crippen molar-refractivity contribution < 1.29 is 9.18 Å². The second kappa shape index (κ2) is 6.29. The highest BCUT2D eigenvalue weighted by Gasteiger charge is 2.11. The maximum Gasteiger partial charge on any atom is 0.269 e. The maximum absolute atomic E-state index is 12.7. The molecule has 1 amide bonds. The van der Waals surface area contributed by atoms with Gasteiger partial charge in [-0.2, -0.15) is 0 Å². The van der Waals surface area contributed by atoms with Crippen LogP contribution in [0.5, 0.6) is 0 Å². The maximum atomic E-state index is 12.7. The van der Waals surface area contributed by atoms with Crippen molar-refractivity contribution in [1.29, 1.82) is 0 Å². The minimum atomic E-state index is -0.476. The molecule has 1 N–H and O–H groups in total. The molecule has 0 aliphatic heterocycles. The zero-order chi connectivity index (χ0) is 13.7. The van der Waals surface area contributed by atoms with E-state index in [1.165, 1.54) is 12.1 Å². The molecule has 2 aromatic rings. The van der Waals surface area contributed by atoms with Gasteiger partial charge in [0.25, 0.3) is 5.91 Å². The van der Waals surface area contributed by atoms with Gasteiger partial charge in [0.05, 0.1) is 11.6 Å². The fourth-order valence-electron chi connectivity index (χ4n) is 1.56. The van der Waals surface area contributed by atoms with E-state index in [9.17, 15) is 9.18 Å². The molecule has 19 heavy (non-hydrogen) atoms. The van der Waals surface area contributed by atoms with Crippen molar-refractivity contribution >= 4 is 17.5 Å². The second-order valence-electron chi connectivity index (χ2n) is 3.95. The van der Waals surface area contributed by atoms with Crippen LogP contribution in [-0.4, -0.2) is 17.4 Å². The topological polar surface area (TPSA) is 42.0 Å². The smallest absolute Gasteiger partial charge is 0.269 e. The molecule has 1 aromatic carbocycles. The van der Waals surface area contributed by atoms with Crippen molar-refractivity contribution in [3.63, 3.8) is 0 Å². The summed E-state index contributed by atoms with van der Waals surface area (Å²) >= 11 is 6.17. The van der Waals surface area contributed by atoms with E-state index < -0.39 is 5.82 Å². The van der Waals surface area contributed by atoms with Crippen LogP contribution in [0, 0.1) is 5.82 Å². The Kier molecular flexibility index (Phi) is 4.47. The van der Waals surface area contributed by atoms with E-state index in [2.05, 4.69) is 10.3 Å². The van der Waals surface area contributed by atoms with Crippen LogP contribution in [0.1, 0.15) is 21.4 Å². The van der Waals surface area contributed by atoms with Crippen LogP contribution in [0.2, 0.25) is 0 Å². The van der Waals surface area contributed by atoms with E-state index >= 15 is 0 Å². The number of carbonyl (C=O) groups is 1. The summed E-state index contributed by atoms with van der Waals surface area (Å²) in [6, 6.07) is 12.0. The fourth-order valence-corrected chi connectivity index (χ4v) is 1.79. The van der Waals surface area contributed by atoms with E-state index in [1.54, 1.807) is 0 Å². The third kappa shape index (κ3) is 3.76. The van der Waals surface area contributed by atoms with E-state index in [4.69, 9.17) is 11.6 Å². The molecule has 1 unspecified atom stereocenters. The molecule has 98 valence electrons. The summed E-state index contributed by atoms with van der Waals surface area (Å²) in [6.07, 6.45) is 1.00. The summed E-state index contributed by atoms with van der Waals surface area (Å²) in [5.41, 5.74) is 1.09. The number of carbonyl (C=O) groups excluding carboxylic acids is 1. The summed E-state index contributed by atoms with van der Waals surface area (Å²) in [5, 5.41) is 2.35. The SMILES string of the molecule is O=C(NCC(Cl)c1ccccc1)c1ccc(F)cn1. The summed E-state index contributed by atoms with van der Waals surface area (Å²) in [4.78, 5) is 15.4. The van der Waals surface area contributed by atoms with Crippen molar-refractivity contribution in [2.75, 3.05) is 6.54 Å². The molecule has 2 rings (SSSR count). The van der Waals surface area contributed by atoms with Crippen molar-refractivity contribution in [3.8, 4) is 0 Å². The van der Waals surface area contributed by atoms with Gasteiger partial charge in [-0.1, -0.05) is 30.3 Å². The Hall–Kier alpha value is -1.94. The molecular weight excluding hydrogens is 267 g/mol. The van der Waals surface area contributed by atoms with Crippen LogP contribution in [0.25, 0.3) is 0 Å². The molecule has 0 bridgehead atoms. The first-order valence-electron chi connectivity index (χ1n) is 5.75.